The van der Waals surface area contributed by atoms with E-state index < -0.39 is 18.1 Å². The summed E-state index contributed by atoms with van der Waals surface area (Å²) >= 11 is 0. The third kappa shape index (κ3) is 10.4. The van der Waals surface area contributed by atoms with Gasteiger partial charge in [0, 0.05) is 6.54 Å². The van der Waals surface area contributed by atoms with Gasteiger partial charge >= 0.3 is 18.1 Å². The summed E-state index contributed by atoms with van der Waals surface area (Å²) < 4.78 is 36.9. The molecule has 1 heterocycles. The molecular weight excluding hydrogens is 547 g/mol. The molecule has 0 bridgehead atoms. The first kappa shape index (κ1) is 33.1. The summed E-state index contributed by atoms with van der Waals surface area (Å²) in [7, 11) is 1.59. The van der Waals surface area contributed by atoms with Crippen LogP contribution in [0.3, 0.4) is 0 Å². The normalized spacial score (nSPS) is 13.2. The molecule has 41 heavy (non-hydrogen) atoms. The summed E-state index contributed by atoms with van der Waals surface area (Å²) in [5, 5.41) is 16.2. The van der Waals surface area contributed by atoms with Gasteiger partial charge in [-0.1, -0.05) is 31.0 Å². The minimum Gasteiger partial charge on any atom is -0.497 e. The van der Waals surface area contributed by atoms with Gasteiger partial charge in [0.15, 0.2) is 0 Å². The SMILES string of the molecule is COc1ccc(CN2C(=O)CN(CCC(=O)O)C(=O)c3cc(CCCCCCN)ccc32)cc1.O=C(O)C(F)(F)F. The van der Waals surface area contributed by atoms with Crippen molar-refractivity contribution in [1.29, 1.82) is 0 Å². The second-order valence-electron chi connectivity index (χ2n) is 9.31. The van der Waals surface area contributed by atoms with E-state index in [9.17, 15) is 27.6 Å². The molecule has 0 unspecified atom stereocenters. The van der Waals surface area contributed by atoms with Gasteiger partial charge in [0.25, 0.3) is 5.91 Å². The molecule has 0 radical (unpaired) electrons. The van der Waals surface area contributed by atoms with Crippen molar-refractivity contribution >= 4 is 29.4 Å². The first-order valence-electron chi connectivity index (χ1n) is 12.9. The Morgan fingerprint density at radius 2 is 1.59 bits per heavy atom. The van der Waals surface area contributed by atoms with Gasteiger partial charge in [0.1, 0.15) is 12.3 Å². The van der Waals surface area contributed by atoms with E-state index in [0.717, 1.165) is 49.0 Å². The number of amides is 2. The molecule has 3 rings (SSSR count). The van der Waals surface area contributed by atoms with Crippen molar-refractivity contribution in [3.63, 3.8) is 0 Å². The van der Waals surface area contributed by atoms with Crippen molar-refractivity contribution in [2.75, 3.05) is 31.6 Å². The molecule has 0 fully saturated rings. The molecule has 1 aliphatic rings. The number of hydrogen-bond donors (Lipinski definition) is 3. The Morgan fingerprint density at radius 3 is 2.15 bits per heavy atom. The molecule has 2 aromatic rings. The molecule has 0 saturated heterocycles. The summed E-state index contributed by atoms with van der Waals surface area (Å²) in [4.78, 5) is 49.5. The van der Waals surface area contributed by atoms with Crippen LogP contribution in [0.4, 0.5) is 18.9 Å². The zero-order valence-corrected chi connectivity index (χ0v) is 22.7. The molecule has 2 aromatic carbocycles. The Kier molecular flexibility index (Phi) is 12.6. The Hall–Kier alpha value is -4.13. The number of halogens is 3. The van der Waals surface area contributed by atoms with Gasteiger partial charge in [0.05, 0.1) is 31.3 Å². The fourth-order valence-corrected chi connectivity index (χ4v) is 4.10. The fourth-order valence-electron chi connectivity index (χ4n) is 4.10. The molecule has 1 aliphatic heterocycles. The number of carbonyl (C=O) groups excluding carboxylic acids is 2. The minimum absolute atomic E-state index is 0.0148. The number of nitrogens with two attached hydrogens (primary N) is 1. The number of methoxy groups -OCH3 is 1. The van der Waals surface area contributed by atoms with E-state index in [1.54, 1.807) is 12.0 Å². The second kappa shape index (κ2) is 15.6. The van der Waals surface area contributed by atoms with Crippen LogP contribution in [0.5, 0.6) is 5.75 Å². The summed E-state index contributed by atoms with van der Waals surface area (Å²) in [6.45, 7) is 0.816. The number of unbranched alkanes of at least 4 members (excludes halogenated alkanes) is 3. The van der Waals surface area contributed by atoms with Gasteiger partial charge in [-0.05, 0) is 61.2 Å². The lowest BCUT2D eigenvalue weighted by atomic mass is 10.0. The smallest absolute Gasteiger partial charge is 0.490 e. The van der Waals surface area contributed by atoms with Gasteiger partial charge in [-0.15, -0.1) is 0 Å². The van der Waals surface area contributed by atoms with Crippen LogP contribution >= 0.6 is 0 Å². The fraction of sp³-hybridized carbons (Fsp3) is 0.429. The highest BCUT2D eigenvalue weighted by molar-refractivity contribution is 6.09. The van der Waals surface area contributed by atoms with Crippen molar-refractivity contribution in [3.05, 3.63) is 59.2 Å². The number of ether oxygens (including phenoxy) is 1. The third-order valence-electron chi connectivity index (χ3n) is 6.25. The Labute approximate surface area is 235 Å². The maximum atomic E-state index is 13.4. The van der Waals surface area contributed by atoms with Crippen LogP contribution in [0.15, 0.2) is 42.5 Å². The van der Waals surface area contributed by atoms with E-state index in [1.807, 2.05) is 42.5 Å². The molecule has 0 aromatic heterocycles. The number of fused-ring (bicyclic) bond motifs is 1. The van der Waals surface area contributed by atoms with E-state index in [4.69, 9.17) is 25.5 Å². The number of aliphatic carboxylic acids is 2. The summed E-state index contributed by atoms with van der Waals surface area (Å²) in [6, 6.07) is 13.1. The monoisotopic (exact) mass is 581 g/mol. The third-order valence-corrected chi connectivity index (χ3v) is 6.25. The molecule has 10 nitrogen and oxygen atoms in total. The molecule has 224 valence electrons. The zero-order valence-electron chi connectivity index (χ0n) is 22.7. The van der Waals surface area contributed by atoms with E-state index in [2.05, 4.69) is 0 Å². The highest BCUT2D eigenvalue weighted by Crippen LogP contribution is 2.29. The second-order valence-corrected chi connectivity index (χ2v) is 9.31. The number of aryl methyl sites for hydroxylation is 1. The quantitative estimate of drug-likeness (QED) is 0.320. The van der Waals surface area contributed by atoms with E-state index >= 15 is 0 Å². The first-order valence-corrected chi connectivity index (χ1v) is 12.9. The summed E-state index contributed by atoms with van der Waals surface area (Å²) in [5.74, 6) is -3.61. The maximum absolute atomic E-state index is 13.4. The molecule has 0 saturated carbocycles. The molecule has 4 N–H and O–H groups in total. The number of nitrogens with zero attached hydrogens (tertiary/aromatic N) is 2. The number of hydrogen-bond acceptors (Lipinski definition) is 6. The van der Waals surface area contributed by atoms with Crippen LogP contribution in [-0.4, -0.2) is 71.8 Å². The average Bonchev–Trinajstić information content (AvgIpc) is 3.02. The predicted octanol–water partition coefficient (Wildman–Crippen LogP) is 3.85. The molecule has 2 amide bonds. The summed E-state index contributed by atoms with van der Waals surface area (Å²) in [6.07, 6.45) is -0.337. The Morgan fingerprint density at radius 1 is 0.976 bits per heavy atom. The molecule has 13 heteroatoms. The lowest BCUT2D eigenvalue weighted by Crippen LogP contribution is -2.40. The van der Waals surface area contributed by atoms with Gasteiger partial charge in [-0.3, -0.25) is 14.4 Å². The maximum Gasteiger partial charge on any atom is 0.490 e. The lowest BCUT2D eigenvalue weighted by Gasteiger charge is -2.23. The number of anilines is 1. The van der Waals surface area contributed by atoms with Crippen molar-refractivity contribution in [2.45, 2.75) is 51.2 Å². The van der Waals surface area contributed by atoms with Crippen LogP contribution in [0, 0.1) is 0 Å². The highest BCUT2D eigenvalue weighted by Gasteiger charge is 2.38. The number of rotatable bonds is 12. The topological polar surface area (TPSA) is 150 Å². The Bertz CT molecular complexity index is 1200. The average molecular weight is 582 g/mol. The minimum atomic E-state index is -5.08. The van der Waals surface area contributed by atoms with Crippen molar-refractivity contribution < 1.29 is 47.3 Å². The largest absolute Gasteiger partial charge is 0.497 e. The summed E-state index contributed by atoms with van der Waals surface area (Å²) in [5.41, 5.74) is 8.47. The van der Waals surface area contributed by atoms with E-state index in [1.165, 1.54) is 4.90 Å². The first-order chi connectivity index (χ1) is 19.4. The van der Waals surface area contributed by atoms with Crippen LogP contribution in [0.2, 0.25) is 0 Å². The van der Waals surface area contributed by atoms with E-state index in [-0.39, 0.29) is 31.3 Å². The molecule has 0 spiro atoms. The predicted molar refractivity (Wildman–Crippen MR) is 144 cm³/mol. The van der Waals surface area contributed by atoms with Crippen molar-refractivity contribution in [3.8, 4) is 5.75 Å². The van der Waals surface area contributed by atoms with Gasteiger partial charge < -0.3 is 30.5 Å². The Balaban J connectivity index is 0.000000745. The van der Waals surface area contributed by atoms with Gasteiger partial charge in [0.2, 0.25) is 5.91 Å². The number of alkyl halides is 3. The van der Waals surface area contributed by atoms with Crippen LogP contribution in [0.1, 0.15) is 53.6 Å². The van der Waals surface area contributed by atoms with Crippen LogP contribution in [-0.2, 0) is 27.3 Å². The van der Waals surface area contributed by atoms with E-state index in [0.29, 0.717) is 24.3 Å². The van der Waals surface area contributed by atoms with Gasteiger partial charge in [-0.2, -0.15) is 13.2 Å². The van der Waals surface area contributed by atoms with Crippen molar-refractivity contribution in [1.82, 2.24) is 4.90 Å². The van der Waals surface area contributed by atoms with Crippen LogP contribution < -0.4 is 15.4 Å². The van der Waals surface area contributed by atoms with Gasteiger partial charge in [-0.25, -0.2) is 4.79 Å². The number of carboxylic acid groups (broad SMARTS) is 2. The lowest BCUT2D eigenvalue weighted by molar-refractivity contribution is -0.192. The molecular formula is C28H34F3N3O7. The van der Waals surface area contributed by atoms with Crippen molar-refractivity contribution in [2.24, 2.45) is 5.73 Å². The standard InChI is InChI=1S/C26H33N3O5.C2HF3O2/c1-34-21-10-7-20(8-11-21)17-29-23-12-9-19(6-4-2-3-5-14-27)16-22(23)26(33)28(18-24(29)30)15-13-25(31)32;3-2(4,5)1(6)7/h7-12,16H,2-6,13-15,17-18,27H2,1H3,(H,31,32);(H,6,7). The molecule has 0 atom stereocenters. The zero-order chi connectivity index (χ0) is 30.6. The molecule has 0 aliphatic carbocycles. The number of carboxylic acids is 2. The highest BCUT2D eigenvalue weighted by atomic mass is 19.4. The van der Waals surface area contributed by atoms with Crippen LogP contribution in [0.25, 0.3) is 0 Å². The number of benzene rings is 2. The number of carbonyl (C=O) groups is 4.